The summed E-state index contributed by atoms with van der Waals surface area (Å²) < 4.78 is 0. The number of hydrogen-bond donors (Lipinski definition) is 2. The Morgan fingerprint density at radius 3 is 2.53 bits per heavy atom. The van der Waals surface area contributed by atoms with E-state index >= 15 is 0 Å². The normalized spacial score (nSPS) is 10.1. The van der Waals surface area contributed by atoms with E-state index in [1.165, 1.54) is 12.1 Å². The summed E-state index contributed by atoms with van der Waals surface area (Å²) in [6.45, 7) is 3.50. The second kappa shape index (κ2) is 5.39. The first kappa shape index (κ1) is 13.1. The fourth-order valence-electron chi connectivity index (χ4n) is 1.01. The Morgan fingerprint density at radius 2 is 2.06 bits per heavy atom. The summed E-state index contributed by atoms with van der Waals surface area (Å²) in [4.78, 5) is 32.6. The smallest absolute Gasteiger partial charge is 0.324 e. The zero-order valence-corrected chi connectivity index (χ0v) is 10.0. The van der Waals surface area contributed by atoms with Crippen molar-refractivity contribution in [2.24, 2.45) is 0 Å². The van der Waals surface area contributed by atoms with E-state index in [2.05, 4.69) is 10.6 Å². The third-order valence-corrected chi connectivity index (χ3v) is 2.68. The molecule has 1 aromatic heterocycles. The molecule has 0 bridgehead atoms. The second-order valence-electron chi connectivity index (χ2n) is 3.48. The molecule has 1 aromatic rings. The first-order chi connectivity index (χ1) is 7.90. The molecule has 0 saturated heterocycles. The van der Waals surface area contributed by atoms with Gasteiger partial charge in [0.25, 0.3) is 5.91 Å². The van der Waals surface area contributed by atoms with Crippen molar-refractivity contribution >= 4 is 28.3 Å². The van der Waals surface area contributed by atoms with Crippen LogP contribution in [-0.2, 0) is 0 Å². The molecule has 0 aliphatic heterocycles. The molecule has 0 atom stereocenters. The van der Waals surface area contributed by atoms with Gasteiger partial charge in [-0.05, 0) is 19.9 Å². The van der Waals surface area contributed by atoms with Crippen LogP contribution in [0.4, 0.5) is 9.80 Å². The molecule has 0 radical (unpaired) electrons. The van der Waals surface area contributed by atoms with E-state index in [-0.39, 0.29) is 15.9 Å². The first-order valence-corrected chi connectivity index (χ1v) is 5.58. The molecule has 0 spiro atoms. The Hall–Kier alpha value is -1.96. The van der Waals surface area contributed by atoms with Crippen LogP contribution in [0.1, 0.15) is 23.5 Å². The minimum absolute atomic E-state index is 0.0968. The zero-order valence-electron chi connectivity index (χ0n) is 9.22. The SMILES string of the molecule is CC(C)NC(=O)NC(=O)c1ccc([N+](=O)[O-])s1. The summed E-state index contributed by atoms with van der Waals surface area (Å²) in [5.41, 5.74) is 0. The number of imide groups is 1. The number of carbonyl (C=O) groups excluding carboxylic acids is 2. The molecule has 3 amide bonds. The van der Waals surface area contributed by atoms with Crippen molar-refractivity contribution in [2.75, 3.05) is 0 Å². The summed E-state index contributed by atoms with van der Waals surface area (Å²) in [6.07, 6.45) is 0. The lowest BCUT2D eigenvalue weighted by molar-refractivity contribution is -0.380. The molecule has 1 rings (SSSR count). The maximum Gasteiger partial charge on any atom is 0.324 e. The lowest BCUT2D eigenvalue weighted by atomic mass is 10.4. The monoisotopic (exact) mass is 257 g/mol. The van der Waals surface area contributed by atoms with E-state index in [9.17, 15) is 19.7 Å². The fraction of sp³-hybridized carbons (Fsp3) is 0.333. The number of nitrogens with one attached hydrogen (secondary N) is 2. The molecule has 1 heterocycles. The van der Waals surface area contributed by atoms with E-state index in [4.69, 9.17) is 0 Å². The Bertz CT molecular complexity index is 455. The van der Waals surface area contributed by atoms with Gasteiger partial charge in [-0.1, -0.05) is 11.3 Å². The van der Waals surface area contributed by atoms with Crippen LogP contribution in [0.2, 0.25) is 0 Å². The van der Waals surface area contributed by atoms with Crippen LogP contribution in [0.5, 0.6) is 0 Å². The lowest BCUT2D eigenvalue weighted by Gasteiger charge is -2.07. The number of urea groups is 1. The predicted molar refractivity (Wildman–Crippen MR) is 62.1 cm³/mol. The summed E-state index contributed by atoms with van der Waals surface area (Å²) in [6, 6.07) is 1.81. The highest BCUT2D eigenvalue weighted by atomic mass is 32.1. The quantitative estimate of drug-likeness (QED) is 0.632. The molecule has 92 valence electrons. The molecular weight excluding hydrogens is 246 g/mol. The predicted octanol–water partition coefficient (Wildman–Crippen LogP) is 1.50. The molecule has 0 fully saturated rings. The van der Waals surface area contributed by atoms with Gasteiger partial charge in [-0.15, -0.1) is 0 Å². The summed E-state index contributed by atoms with van der Waals surface area (Å²) >= 11 is 0.719. The van der Waals surface area contributed by atoms with Crippen LogP contribution in [-0.4, -0.2) is 22.9 Å². The first-order valence-electron chi connectivity index (χ1n) is 4.76. The fourth-order valence-corrected chi connectivity index (χ4v) is 1.73. The van der Waals surface area contributed by atoms with Crippen LogP contribution in [0.3, 0.4) is 0 Å². The van der Waals surface area contributed by atoms with Crippen LogP contribution in [0.15, 0.2) is 12.1 Å². The van der Waals surface area contributed by atoms with E-state index in [0.717, 1.165) is 11.3 Å². The second-order valence-corrected chi connectivity index (χ2v) is 4.54. The summed E-state index contributed by atoms with van der Waals surface area (Å²) in [7, 11) is 0. The van der Waals surface area contributed by atoms with Crippen LogP contribution in [0, 0.1) is 10.1 Å². The lowest BCUT2D eigenvalue weighted by Crippen LogP contribution is -2.42. The number of amides is 3. The van der Waals surface area contributed by atoms with E-state index in [0.29, 0.717) is 0 Å². The van der Waals surface area contributed by atoms with Gasteiger partial charge in [0.15, 0.2) is 0 Å². The average molecular weight is 257 g/mol. The van der Waals surface area contributed by atoms with E-state index in [1.807, 2.05) is 0 Å². The van der Waals surface area contributed by atoms with Gasteiger partial charge in [0.1, 0.15) is 0 Å². The van der Waals surface area contributed by atoms with Crippen LogP contribution in [0.25, 0.3) is 0 Å². The minimum Gasteiger partial charge on any atom is -0.336 e. The van der Waals surface area contributed by atoms with Crippen molar-refractivity contribution in [3.8, 4) is 0 Å². The topological polar surface area (TPSA) is 101 Å². The number of nitrogens with zero attached hydrogens (tertiary/aromatic N) is 1. The number of hydrogen-bond acceptors (Lipinski definition) is 5. The molecule has 7 nitrogen and oxygen atoms in total. The molecule has 0 aliphatic rings. The minimum atomic E-state index is -0.652. The van der Waals surface area contributed by atoms with Crippen molar-refractivity contribution in [2.45, 2.75) is 19.9 Å². The molecule has 8 heteroatoms. The maximum atomic E-state index is 11.5. The van der Waals surface area contributed by atoms with E-state index < -0.39 is 16.9 Å². The standard InChI is InChI=1S/C9H11N3O4S/c1-5(2)10-9(14)11-8(13)6-3-4-7(17-6)12(15)16/h3-5H,1-2H3,(H2,10,11,13,14). The van der Waals surface area contributed by atoms with Crippen molar-refractivity contribution < 1.29 is 14.5 Å². The molecule has 17 heavy (non-hydrogen) atoms. The zero-order chi connectivity index (χ0) is 13.0. The molecule has 2 N–H and O–H groups in total. The van der Waals surface area contributed by atoms with Crippen molar-refractivity contribution in [1.82, 2.24) is 10.6 Å². The van der Waals surface area contributed by atoms with Crippen molar-refractivity contribution in [3.63, 3.8) is 0 Å². The van der Waals surface area contributed by atoms with Crippen LogP contribution < -0.4 is 10.6 Å². The average Bonchev–Trinajstić information content (AvgIpc) is 2.64. The Kier molecular flexibility index (Phi) is 4.16. The Balaban J connectivity index is 2.63. The molecule has 0 unspecified atom stereocenters. The van der Waals surface area contributed by atoms with Gasteiger partial charge in [-0.2, -0.15) is 0 Å². The summed E-state index contributed by atoms with van der Waals surface area (Å²) in [5, 5.41) is 14.8. The summed E-state index contributed by atoms with van der Waals surface area (Å²) in [5.74, 6) is -0.652. The van der Waals surface area contributed by atoms with Gasteiger partial charge < -0.3 is 5.32 Å². The molecule has 0 aromatic carbocycles. The molecular formula is C9H11N3O4S. The van der Waals surface area contributed by atoms with Gasteiger partial charge in [0, 0.05) is 12.1 Å². The highest BCUT2D eigenvalue weighted by Crippen LogP contribution is 2.23. The Labute approximate surface area is 101 Å². The number of nitro groups is 1. The van der Waals surface area contributed by atoms with Crippen LogP contribution >= 0.6 is 11.3 Å². The Morgan fingerprint density at radius 1 is 1.41 bits per heavy atom. The largest absolute Gasteiger partial charge is 0.336 e. The van der Waals surface area contributed by atoms with Crippen molar-refractivity contribution in [1.29, 1.82) is 0 Å². The maximum absolute atomic E-state index is 11.5. The number of carbonyl (C=O) groups is 2. The molecule has 0 saturated carbocycles. The number of thiophene rings is 1. The van der Waals surface area contributed by atoms with Gasteiger partial charge in [0.05, 0.1) is 9.80 Å². The van der Waals surface area contributed by atoms with E-state index in [1.54, 1.807) is 13.8 Å². The van der Waals surface area contributed by atoms with Gasteiger partial charge >= 0.3 is 11.0 Å². The number of rotatable bonds is 3. The van der Waals surface area contributed by atoms with Gasteiger partial charge in [-0.25, -0.2) is 4.79 Å². The van der Waals surface area contributed by atoms with Gasteiger partial charge in [0.2, 0.25) is 0 Å². The highest BCUT2D eigenvalue weighted by Gasteiger charge is 2.17. The third-order valence-electron chi connectivity index (χ3n) is 1.64. The highest BCUT2D eigenvalue weighted by molar-refractivity contribution is 7.17. The van der Waals surface area contributed by atoms with Crippen molar-refractivity contribution in [3.05, 3.63) is 27.1 Å². The third kappa shape index (κ3) is 3.83. The molecule has 0 aliphatic carbocycles. The van der Waals surface area contributed by atoms with Gasteiger partial charge in [-0.3, -0.25) is 20.2 Å².